The zero-order valence-corrected chi connectivity index (χ0v) is 30.1. The predicted octanol–water partition coefficient (Wildman–Crippen LogP) is 6.36. The highest BCUT2D eigenvalue weighted by Gasteiger charge is 2.47. The molecule has 50 heavy (non-hydrogen) atoms. The summed E-state index contributed by atoms with van der Waals surface area (Å²) in [5.41, 5.74) is 1.76. The van der Waals surface area contributed by atoms with Gasteiger partial charge in [-0.05, 0) is 48.9 Å². The zero-order valence-electron chi connectivity index (χ0n) is 30.1. The van der Waals surface area contributed by atoms with Crippen LogP contribution in [0.2, 0.25) is 0 Å². The van der Waals surface area contributed by atoms with Gasteiger partial charge in [-0.2, -0.15) is 0 Å². The van der Waals surface area contributed by atoms with E-state index < -0.39 is 60.3 Å². The van der Waals surface area contributed by atoms with E-state index in [0.717, 1.165) is 43.2 Å². The Morgan fingerprint density at radius 2 is 1.68 bits per heavy atom. The molecule has 1 N–H and O–H groups in total. The average Bonchev–Trinajstić information content (AvgIpc) is 3.53. The summed E-state index contributed by atoms with van der Waals surface area (Å²) >= 11 is 0. The summed E-state index contributed by atoms with van der Waals surface area (Å²) in [4.78, 5) is 55.9. The first-order valence-corrected chi connectivity index (χ1v) is 18.0. The van der Waals surface area contributed by atoms with E-state index in [-0.39, 0.29) is 38.5 Å². The third kappa shape index (κ3) is 11.2. The first kappa shape index (κ1) is 38.7. The number of esters is 2. The van der Waals surface area contributed by atoms with Crippen LogP contribution in [0, 0.1) is 11.8 Å². The normalized spacial score (nSPS) is 24.4. The number of methoxy groups -OCH3 is 1. The van der Waals surface area contributed by atoms with Crippen LogP contribution in [-0.4, -0.2) is 73.0 Å². The summed E-state index contributed by atoms with van der Waals surface area (Å²) in [5.74, 6) is -1.93. The number of benzene rings is 2. The van der Waals surface area contributed by atoms with Crippen molar-refractivity contribution in [3.63, 3.8) is 0 Å². The number of ether oxygens (including phenoxy) is 5. The molecule has 0 radical (unpaired) electrons. The molecule has 2 aromatic rings. The van der Waals surface area contributed by atoms with Gasteiger partial charge < -0.3 is 33.9 Å². The van der Waals surface area contributed by atoms with E-state index in [1.54, 1.807) is 18.9 Å². The summed E-state index contributed by atoms with van der Waals surface area (Å²) in [6.07, 6.45) is 1.72. The van der Waals surface area contributed by atoms with Gasteiger partial charge in [0.05, 0.1) is 44.7 Å². The van der Waals surface area contributed by atoms with Crippen molar-refractivity contribution in [3.8, 4) is 5.75 Å². The minimum absolute atomic E-state index is 0.0520. The molecule has 2 heterocycles. The first-order chi connectivity index (χ1) is 24.1. The lowest BCUT2D eigenvalue weighted by Crippen LogP contribution is -2.52. The van der Waals surface area contributed by atoms with Crippen LogP contribution < -0.4 is 10.1 Å². The lowest BCUT2D eigenvalue weighted by Gasteiger charge is -2.36. The molecule has 4 rings (SSSR count). The van der Waals surface area contributed by atoms with Crippen LogP contribution >= 0.6 is 0 Å². The largest absolute Gasteiger partial charge is 0.497 e. The van der Waals surface area contributed by atoms with E-state index in [9.17, 15) is 19.2 Å². The Balaban J connectivity index is 1.59. The Kier molecular flexibility index (Phi) is 14.9. The second kappa shape index (κ2) is 19.3. The number of rotatable bonds is 14. The lowest BCUT2D eigenvalue weighted by molar-refractivity contribution is -0.177. The van der Waals surface area contributed by atoms with Gasteiger partial charge in [0.15, 0.2) is 6.10 Å². The van der Waals surface area contributed by atoms with E-state index in [2.05, 4.69) is 12.2 Å². The maximum absolute atomic E-state index is 14.3. The Hall–Kier alpha value is -4.12. The van der Waals surface area contributed by atoms with E-state index >= 15 is 0 Å². The molecule has 2 fully saturated rings. The molecular weight excluding hydrogens is 640 g/mol. The summed E-state index contributed by atoms with van der Waals surface area (Å²) in [6, 6.07) is 16.2. The number of carbonyl (C=O) groups excluding carboxylic acids is 4. The molecule has 0 spiro atoms. The van der Waals surface area contributed by atoms with E-state index in [1.165, 1.54) is 0 Å². The number of nitrogens with one attached hydrogen (secondary N) is 1. The molecule has 0 bridgehead atoms. The number of nitrogens with zero attached hydrogens (tertiary/aromatic N) is 1. The quantitative estimate of drug-likeness (QED) is 0.137. The summed E-state index contributed by atoms with van der Waals surface area (Å²) < 4.78 is 29.5. The Labute approximate surface area is 296 Å². The van der Waals surface area contributed by atoms with Gasteiger partial charge in [0.25, 0.3) is 5.91 Å². The van der Waals surface area contributed by atoms with Crippen molar-refractivity contribution >= 4 is 23.9 Å². The number of unbranched alkanes of at least 4 members (excludes halogenated alkanes) is 4. The van der Waals surface area contributed by atoms with Gasteiger partial charge >= 0.3 is 18.0 Å². The van der Waals surface area contributed by atoms with Gasteiger partial charge in [-0.25, -0.2) is 4.79 Å². The molecule has 274 valence electrons. The standard InChI is InChI=1S/C39H54N2O9/c1-6-7-8-9-13-16-33-27(4)38(44)50-36(26(2)3)37(43)41-24-31(48-39(45)40-23-28-14-11-10-12-15-28)21-32(41)34(22-35(42)49-33)47-25-29-17-19-30(46-5)20-18-29/h10-12,14-15,17-20,26-27,31-34,36H,6-9,13,16,21-25H2,1-5H3,(H,40,45)/t27-,31+,32-,33?,34?,36?/m0/s1. The zero-order chi connectivity index (χ0) is 36.0. The number of fused-ring (bicyclic) bond motifs is 1. The highest BCUT2D eigenvalue weighted by Crippen LogP contribution is 2.31. The molecule has 2 amide bonds. The Morgan fingerprint density at radius 3 is 2.36 bits per heavy atom. The van der Waals surface area contributed by atoms with Crippen molar-refractivity contribution in [3.05, 3.63) is 65.7 Å². The predicted molar refractivity (Wildman–Crippen MR) is 187 cm³/mol. The van der Waals surface area contributed by atoms with Crippen LogP contribution in [0.15, 0.2) is 54.6 Å². The third-order valence-electron chi connectivity index (χ3n) is 9.46. The third-order valence-corrected chi connectivity index (χ3v) is 9.46. The summed E-state index contributed by atoms with van der Waals surface area (Å²) in [6.45, 7) is 7.97. The second-order valence-electron chi connectivity index (χ2n) is 13.7. The topological polar surface area (TPSA) is 130 Å². The van der Waals surface area contributed by atoms with Crippen LogP contribution in [0.25, 0.3) is 0 Å². The fraction of sp³-hybridized carbons (Fsp3) is 0.590. The molecule has 2 aromatic carbocycles. The SMILES string of the molecule is CCCCCCCC1OC(=O)CC(OCc2ccc(OC)cc2)[C@@H]2C[C@@H](OC(=O)NCc3ccccc3)CN2C(=O)C(C(C)C)OC(=O)[C@H]1C. The molecule has 2 saturated heterocycles. The number of hydrogen-bond donors (Lipinski definition) is 1. The fourth-order valence-corrected chi connectivity index (χ4v) is 6.47. The second-order valence-corrected chi connectivity index (χ2v) is 13.7. The number of alkyl carbamates (subject to hydrolysis) is 1. The molecule has 2 aliphatic heterocycles. The number of carbonyl (C=O) groups is 4. The average molecular weight is 695 g/mol. The maximum Gasteiger partial charge on any atom is 0.407 e. The maximum atomic E-state index is 14.3. The van der Waals surface area contributed by atoms with Gasteiger partial charge in [-0.1, -0.05) is 88.9 Å². The van der Waals surface area contributed by atoms with Crippen molar-refractivity contribution < 1.29 is 42.9 Å². The molecule has 0 aromatic heterocycles. The smallest absolute Gasteiger partial charge is 0.407 e. The van der Waals surface area contributed by atoms with Gasteiger partial charge in [0.1, 0.15) is 18.0 Å². The molecule has 2 aliphatic rings. The molecule has 11 nitrogen and oxygen atoms in total. The molecule has 0 aliphatic carbocycles. The molecule has 3 unspecified atom stereocenters. The minimum atomic E-state index is -1.08. The van der Waals surface area contributed by atoms with Crippen LogP contribution in [0.5, 0.6) is 5.75 Å². The van der Waals surface area contributed by atoms with Crippen LogP contribution in [0.3, 0.4) is 0 Å². The van der Waals surface area contributed by atoms with Gasteiger partial charge in [-0.15, -0.1) is 0 Å². The van der Waals surface area contributed by atoms with Crippen molar-refractivity contribution in [2.45, 2.75) is 123 Å². The Morgan fingerprint density at radius 1 is 0.960 bits per heavy atom. The lowest BCUT2D eigenvalue weighted by atomic mass is 9.97. The van der Waals surface area contributed by atoms with Crippen LogP contribution in [0.4, 0.5) is 4.79 Å². The molecule has 6 atom stereocenters. The fourth-order valence-electron chi connectivity index (χ4n) is 6.47. The first-order valence-electron chi connectivity index (χ1n) is 18.0. The molecule has 11 heteroatoms. The number of amides is 2. The van der Waals surface area contributed by atoms with Gasteiger partial charge in [-0.3, -0.25) is 14.4 Å². The monoisotopic (exact) mass is 694 g/mol. The van der Waals surface area contributed by atoms with E-state index in [4.69, 9.17) is 23.7 Å². The van der Waals surface area contributed by atoms with Crippen molar-refractivity contribution in [2.75, 3.05) is 13.7 Å². The van der Waals surface area contributed by atoms with Crippen molar-refractivity contribution in [1.82, 2.24) is 10.2 Å². The summed E-state index contributed by atoms with van der Waals surface area (Å²) in [5, 5.41) is 2.77. The van der Waals surface area contributed by atoms with Crippen molar-refractivity contribution in [1.29, 1.82) is 0 Å². The van der Waals surface area contributed by atoms with E-state index in [0.29, 0.717) is 12.2 Å². The van der Waals surface area contributed by atoms with Crippen LogP contribution in [-0.2, 0) is 46.5 Å². The molecule has 0 saturated carbocycles. The Bertz CT molecular complexity index is 1380. The highest BCUT2D eigenvalue weighted by atomic mass is 16.6. The van der Waals surface area contributed by atoms with Crippen LogP contribution in [0.1, 0.15) is 90.2 Å². The van der Waals surface area contributed by atoms with Gasteiger partial charge in [0, 0.05) is 13.0 Å². The van der Waals surface area contributed by atoms with Crippen molar-refractivity contribution in [2.24, 2.45) is 11.8 Å². The number of cyclic esters (lactones) is 2. The number of hydrogen-bond acceptors (Lipinski definition) is 9. The molecular formula is C39H54N2O9. The van der Waals surface area contributed by atoms with Gasteiger partial charge in [0.2, 0.25) is 0 Å². The summed E-state index contributed by atoms with van der Waals surface area (Å²) in [7, 11) is 1.59. The minimum Gasteiger partial charge on any atom is -0.497 e. The van der Waals surface area contributed by atoms with E-state index in [1.807, 2.05) is 68.4 Å². The highest BCUT2D eigenvalue weighted by molar-refractivity contribution is 5.86.